The van der Waals surface area contributed by atoms with Crippen molar-refractivity contribution >= 4 is 34.4 Å². The van der Waals surface area contributed by atoms with Crippen molar-refractivity contribution in [1.29, 1.82) is 0 Å². The third-order valence-corrected chi connectivity index (χ3v) is 3.07. The number of pyridine rings is 1. The molecule has 1 aliphatic heterocycles. The lowest BCUT2D eigenvalue weighted by Crippen LogP contribution is -2.41. The lowest BCUT2D eigenvalue weighted by molar-refractivity contribution is 0.0567. The molecule has 0 atom stereocenters. The second kappa shape index (κ2) is 4.91. The summed E-state index contributed by atoms with van der Waals surface area (Å²) in [6.07, 6.45) is 1.31. The molecule has 1 aliphatic rings. The van der Waals surface area contributed by atoms with Crippen molar-refractivity contribution in [3.05, 3.63) is 16.0 Å². The maximum atomic E-state index is 12.1. The number of rotatable bonds is 0. The fourth-order valence-corrected chi connectivity index (χ4v) is 2.22. The largest absolute Gasteiger partial charge is 0.487 e. The summed E-state index contributed by atoms with van der Waals surface area (Å²) in [5.74, 6) is 0.648. The first-order valence-corrected chi connectivity index (χ1v) is 6.74. The molecule has 1 aromatic heterocycles. The monoisotopic (exact) mass is 362 g/mol. The molecule has 0 spiro atoms. The molecule has 0 aliphatic carbocycles. The first kappa shape index (κ1) is 13.4. The highest BCUT2D eigenvalue weighted by atomic mass is 127. The average molecular weight is 362 g/mol. The first-order valence-electron chi connectivity index (χ1n) is 5.66. The summed E-state index contributed by atoms with van der Waals surface area (Å²) in [7, 11) is 0. The molecular weight excluding hydrogens is 347 g/mol. The zero-order valence-corrected chi connectivity index (χ0v) is 12.7. The van der Waals surface area contributed by atoms with Crippen LogP contribution in [-0.2, 0) is 4.74 Å². The number of anilines is 1. The van der Waals surface area contributed by atoms with Gasteiger partial charge >= 0.3 is 6.09 Å². The number of carbonyl (C=O) groups excluding carboxylic acids is 1. The third kappa shape index (κ3) is 2.85. The number of nitrogens with zero attached hydrogens (tertiary/aromatic N) is 2. The maximum Gasteiger partial charge on any atom is 0.415 e. The van der Waals surface area contributed by atoms with Crippen LogP contribution in [-0.4, -0.2) is 29.8 Å². The van der Waals surface area contributed by atoms with Gasteiger partial charge in [-0.2, -0.15) is 0 Å². The second-order valence-electron chi connectivity index (χ2n) is 4.93. The lowest BCUT2D eigenvalue weighted by atomic mass is 10.2. The highest BCUT2D eigenvalue weighted by Gasteiger charge is 2.29. The second-order valence-corrected chi connectivity index (χ2v) is 5.95. The van der Waals surface area contributed by atoms with E-state index in [4.69, 9.17) is 9.47 Å². The molecular formula is C12H15IN2O3. The van der Waals surface area contributed by atoms with Gasteiger partial charge in [0.25, 0.3) is 0 Å². The zero-order valence-electron chi connectivity index (χ0n) is 10.6. The Morgan fingerprint density at radius 3 is 2.94 bits per heavy atom. The summed E-state index contributed by atoms with van der Waals surface area (Å²) in [5, 5.41) is 0. The molecule has 18 heavy (non-hydrogen) atoms. The van der Waals surface area contributed by atoms with Crippen molar-refractivity contribution < 1.29 is 14.3 Å². The summed E-state index contributed by atoms with van der Waals surface area (Å²) in [6.45, 7) is 6.49. The summed E-state index contributed by atoms with van der Waals surface area (Å²) in [5.41, 5.74) is 0.213. The molecule has 5 nitrogen and oxygen atoms in total. The SMILES string of the molecule is CC(C)(C)OC(=O)N1CCOc2c1ccnc2I. The average Bonchev–Trinajstić information content (AvgIpc) is 2.26. The quantitative estimate of drug-likeness (QED) is 0.526. The minimum atomic E-state index is -0.504. The Hall–Kier alpha value is -1.05. The summed E-state index contributed by atoms with van der Waals surface area (Å²) < 4.78 is 11.7. The molecule has 98 valence electrons. The topological polar surface area (TPSA) is 51.7 Å². The van der Waals surface area contributed by atoms with Gasteiger partial charge in [-0.25, -0.2) is 9.78 Å². The van der Waals surface area contributed by atoms with Crippen LogP contribution in [0, 0.1) is 3.70 Å². The zero-order chi connectivity index (χ0) is 13.3. The molecule has 2 rings (SSSR count). The van der Waals surface area contributed by atoms with Gasteiger partial charge < -0.3 is 9.47 Å². The molecule has 0 unspecified atom stereocenters. The van der Waals surface area contributed by atoms with Gasteiger partial charge in [-0.1, -0.05) is 0 Å². The highest BCUT2D eigenvalue weighted by Crippen LogP contribution is 2.35. The van der Waals surface area contributed by atoms with E-state index in [9.17, 15) is 4.79 Å². The van der Waals surface area contributed by atoms with Gasteiger partial charge in [0, 0.05) is 6.20 Å². The van der Waals surface area contributed by atoms with Crippen LogP contribution in [0.15, 0.2) is 12.3 Å². The van der Waals surface area contributed by atoms with Crippen molar-refractivity contribution in [1.82, 2.24) is 4.98 Å². The molecule has 0 radical (unpaired) electrons. The summed E-state index contributed by atoms with van der Waals surface area (Å²) in [6, 6.07) is 1.76. The standard InChI is InChI=1S/C12H15IN2O3/c1-12(2,3)18-11(16)15-6-7-17-9-8(15)4-5-14-10(9)13/h4-5H,6-7H2,1-3H3. The van der Waals surface area contributed by atoms with Crippen LogP contribution in [0.3, 0.4) is 0 Å². The van der Waals surface area contributed by atoms with Crippen LogP contribution in [0.1, 0.15) is 20.8 Å². The number of fused-ring (bicyclic) bond motifs is 1. The van der Waals surface area contributed by atoms with E-state index in [2.05, 4.69) is 27.6 Å². The van der Waals surface area contributed by atoms with Gasteiger partial charge in [0.15, 0.2) is 5.75 Å². The van der Waals surface area contributed by atoms with Gasteiger partial charge in [0.2, 0.25) is 0 Å². The van der Waals surface area contributed by atoms with Crippen LogP contribution in [0.25, 0.3) is 0 Å². The number of aromatic nitrogens is 1. The minimum absolute atomic E-state index is 0.353. The van der Waals surface area contributed by atoms with Crippen molar-refractivity contribution in [2.24, 2.45) is 0 Å². The van der Waals surface area contributed by atoms with Gasteiger partial charge in [-0.15, -0.1) is 0 Å². The van der Waals surface area contributed by atoms with Crippen LogP contribution in [0.5, 0.6) is 5.75 Å². The molecule has 0 N–H and O–H groups in total. The van der Waals surface area contributed by atoms with E-state index in [1.54, 1.807) is 17.2 Å². The fraction of sp³-hybridized carbons (Fsp3) is 0.500. The fourth-order valence-electron chi connectivity index (χ4n) is 1.63. The van der Waals surface area contributed by atoms with Crippen molar-refractivity contribution in [3.8, 4) is 5.75 Å². The number of hydrogen-bond donors (Lipinski definition) is 0. The number of amides is 1. The van der Waals surface area contributed by atoms with Gasteiger partial charge in [0.1, 0.15) is 15.9 Å². The van der Waals surface area contributed by atoms with E-state index in [-0.39, 0.29) is 6.09 Å². The number of halogens is 1. The molecule has 6 heteroatoms. The molecule has 0 aromatic carbocycles. The molecule has 2 heterocycles. The van der Waals surface area contributed by atoms with E-state index in [0.717, 1.165) is 9.39 Å². The third-order valence-electron chi connectivity index (χ3n) is 2.31. The van der Waals surface area contributed by atoms with E-state index < -0.39 is 5.60 Å². The number of carbonyl (C=O) groups is 1. The molecule has 0 bridgehead atoms. The molecule has 0 saturated heterocycles. The molecule has 1 amide bonds. The van der Waals surface area contributed by atoms with Crippen molar-refractivity contribution in [2.45, 2.75) is 26.4 Å². The van der Waals surface area contributed by atoms with Crippen molar-refractivity contribution in [2.75, 3.05) is 18.1 Å². The van der Waals surface area contributed by atoms with Gasteiger partial charge in [-0.3, -0.25) is 4.90 Å². The highest BCUT2D eigenvalue weighted by molar-refractivity contribution is 14.1. The van der Waals surface area contributed by atoms with E-state index in [1.165, 1.54) is 0 Å². The Morgan fingerprint density at radius 1 is 1.56 bits per heavy atom. The normalized spacial score (nSPS) is 14.8. The first-order chi connectivity index (χ1) is 8.38. The Labute approximate surface area is 120 Å². The Morgan fingerprint density at radius 2 is 2.28 bits per heavy atom. The predicted molar refractivity (Wildman–Crippen MR) is 76.0 cm³/mol. The molecule has 0 saturated carbocycles. The van der Waals surface area contributed by atoms with E-state index in [1.807, 2.05) is 20.8 Å². The van der Waals surface area contributed by atoms with Gasteiger partial charge in [-0.05, 0) is 49.4 Å². The van der Waals surface area contributed by atoms with Crippen LogP contribution >= 0.6 is 22.6 Å². The molecule has 0 fully saturated rings. The van der Waals surface area contributed by atoms with Crippen molar-refractivity contribution in [3.63, 3.8) is 0 Å². The Kier molecular flexibility index (Phi) is 3.65. The Bertz CT molecular complexity index is 471. The lowest BCUT2D eigenvalue weighted by Gasteiger charge is -2.31. The number of ether oxygens (including phenoxy) is 2. The van der Waals surface area contributed by atoms with Crippen LogP contribution in [0.2, 0.25) is 0 Å². The predicted octanol–water partition coefficient (Wildman–Crippen LogP) is 2.82. The van der Waals surface area contributed by atoms with Crippen LogP contribution in [0.4, 0.5) is 10.5 Å². The van der Waals surface area contributed by atoms with Gasteiger partial charge in [0.05, 0.1) is 12.2 Å². The Balaban J connectivity index is 2.28. The minimum Gasteiger partial charge on any atom is -0.487 e. The summed E-state index contributed by atoms with van der Waals surface area (Å²) in [4.78, 5) is 17.8. The summed E-state index contributed by atoms with van der Waals surface area (Å²) >= 11 is 2.09. The van der Waals surface area contributed by atoms with Crippen LogP contribution < -0.4 is 9.64 Å². The maximum absolute atomic E-state index is 12.1. The van der Waals surface area contributed by atoms with E-state index in [0.29, 0.717) is 18.9 Å². The smallest absolute Gasteiger partial charge is 0.415 e. The number of hydrogen-bond acceptors (Lipinski definition) is 4. The van der Waals surface area contributed by atoms with E-state index >= 15 is 0 Å². The molecule has 1 aromatic rings.